The topological polar surface area (TPSA) is 78.2 Å². The molecule has 7 heteroatoms. The zero-order chi connectivity index (χ0) is 19.5. The van der Waals surface area contributed by atoms with Gasteiger partial charge < -0.3 is 20.6 Å². The normalized spacial score (nSPS) is 12.0. The lowest BCUT2D eigenvalue weighted by Gasteiger charge is -2.24. The van der Waals surface area contributed by atoms with Crippen LogP contribution in [0.5, 0.6) is 5.75 Å². The number of aromatic nitrogens is 1. The van der Waals surface area contributed by atoms with Crippen LogP contribution in [0.4, 0.5) is 20.3 Å². The summed E-state index contributed by atoms with van der Waals surface area (Å²) in [5, 5.41) is 21.7. The van der Waals surface area contributed by atoms with E-state index in [1.807, 2.05) is 6.92 Å². The van der Waals surface area contributed by atoms with E-state index >= 15 is 0 Å². The number of nitrogens with zero attached hydrogens (tertiary/aromatic N) is 1. The van der Waals surface area contributed by atoms with Crippen molar-refractivity contribution in [3.05, 3.63) is 47.7 Å². The maximum atomic E-state index is 12.9. The van der Waals surface area contributed by atoms with Crippen LogP contribution < -0.4 is 10.1 Å². The number of rotatable bonds is 7. The first-order valence-electron chi connectivity index (χ1n) is 8.25. The smallest absolute Gasteiger partial charge is 0.394 e. The summed E-state index contributed by atoms with van der Waals surface area (Å²) in [6, 6.07) is 7.69. The van der Waals surface area contributed by atoms with E-state index in [-0.39, 0.29) is 5.75 Å². The van der Waals surface area contributed by atoms with Gasteiger partial charge in [0.15, 0.2) is 0 Å². The summed E-state index contributed by atoms with van der Waals surface area (Å²) in [5.41, 5.74) is 0.918. The van der Waals surface area contributed by atoms with E-state index in [0.29, 0.717) is 41.7 Å². The maximum absolute atomic E-state index is 12.9. The van der Waals surface area contributed by atoms with Gasteiger partial charge in [0, 0.05) is 30.1 Å². The van der Waals surface area contributed by atoms with Gasteiger partial charge in [0.25, 0.3) is 0 Å². The van der Waals surface area contributed by atoms with E-state index in [2.05, 4.69) is 15.0 Å². The largest absolute Gasteiger partial charge is 0.433 e. The standard InChI is InChI=1S/C19H23F2N3O2/c1-5-15(22)16-14(18(2,3)25)10-11-23-17(16)24-12-6-8-13(9-7-12)26-19(4,20)21/h6-11,22,25H,5H2,1-4H3,(H,23,24). The molecule has 0 atom stereocenters. The van der Waals surface area contributed by atoms with Gasteiger partial charge in [-0.3, -0.25) is 0 Å². The molecule has 3 N–H and O–H groups in total. The summed E-state index contributed by atoms with van der Waals surface area (Å²) in [6.07, 6.45) is -1.22. The van der Waals surface area contributed by atoms with E-state index in [9.17, 15) is 13.9 Å². The molecule has 0 amide bonds. The van der Waals surface area contributed by atoms with Crippen LogP contribution in [0.3, 0.4) is 0 Å². The van der Waals surface area contributed by atoms with Crippen molar-refractivity contribution in [2.45, 2.75) is 45.8 Å². The van der Waals surface area contributed by atoms with Gasteiger partial charge in [-0.15, -0.1) is 0 Å². The first-order valence-corrected chi connectivity index (χ1v) is 8.25. The van der Waals surface area contributed by atoms with Gasteiger partial charge in [0.1, 0.15) is 11.6 Å². The SMILES string of the molecule is CCC(=N)c1c(C(C)(C)O)ccnc1Nc1ccc(OC(C)(F)F)cc1. The first kappa shape index (κ1) is 19.8. The number of hydrogen-bond donors (Lipinski definition) is 3. The lowest BCUT2D eigenvalue weighted by atomic mass is 9.91. The second-order valence-corrected chi connectivity index (χ2v) is 6.53. The first-order chi connectivity index (χ1) is 12.0. The zero-order valence-corrected chi connectivity index (χ0v) is 15.2. The van der Waals surface area contributed by atoms with E-state index in [0.717, 1.165) is 0 Å². The van der Waals surface area contributed by atoms with E-state index in [4.69, 9.17) is 5.41 Å². The molecule has 0 saturated heterocycles. The molecule has 2 rings (SSSR count). The van der Waals surface area contributed by atoms with Crippen molar-refractivity contribution in [3.63, 3.8) is 0 Å². The highest BCUT2D eigenvalue weighted by Crippen LogP contribution is 2.31. The van der Waals surface area contributed by atoms with Crippen molar-refractivity contribution in [2.75, 3.05) is 5.32 Å². The predicted molar refractivity (Wildman–Crippen MR) is 97.6 cm³/mol. The van der Waals surface area contributed by atoms with E-state index < -0.39 is 11.7 Å². The number of benzene rings is 1. The van der Waals surface area contributed by atoms with Gasteiger partial charge in [0.2, 0.25) is 0 Å². The Hall–Kier alpha value is -2.54. The van der Waals surface area contributed by atoms with Crippen molar-refractivity contribution in [3.8, 4) is 5.75 Å². The minimum absolute atomic E-state index is 0.0442. The second-order valence-electron chi connectivity index (χ2n) is 6.53. The van der Waals surface area contributed by atoms with Crippen LogP contribution in [-0.4, -0.2) is 21.9 Å². The van der Waals surface area contributed by atoms with Gasteiger partial charge in [-0.25, -0.2) is 4.98 Å². The molecule has 1 heterocycles. The highest BCUT2D eigenvalue weighted by molar-refractivity contribution is 6.04. The Morgan fingerprint density at radius 3 is 2.31 bits per heavy atom. The number of aliphatic hydroxyl groups is 1. The molecule has 5 nitrogen and oxygen atoms in total. The Morgan fingerprint density at radius 1 is 1.19 bits per heavy atom. The van der Waals surface area contributed by atoms with E-state index in [1.165, 1.54) is 12.1 Å². The Balaban J connectivity index is 2.36. The number of alkyl halides is 2. The van der Waals surface area contributed by atoms with Crippen LogP contribution in [0.15, 0.2) is 36.5 Å². The number of hydrogen-bond acceptors (Lipinski definition) is 5. The summed E-state index contributed by atoms with van der Waals surface area (Å²) in [4.78, 5) is 4.28. The fourth-order valence-electron chi connectivity index (χ4n) is 2.50. The third kappa shape index (κ3) is 4.98. The fraction of sp³-hybridized carbons (Fsp3) is 0.368. The number of pyridine rings is 1. The Bertz CT molecular complexity index is 779. The summed E-state index contributed by atoms with van der Waals surface area (Å²) in [6.45, 7) is 5.82. The van der Waals surface area contributed by atoms with Gasteiger partial charge in [-0.2, -0.15) is 8.78 Å². The lowest BCUT2D eigenvalue weighted by Crippen LogP contribution is -2.21. The molecule has 0 radical (unpaired) electrons. The van der Waals surface area contributed by atoms with Crippen LogP contribution in [0, 0.1) is 5.41 Å². The van der Waals surface area contributed by atoms with Crippen molar-refractivity contribution in [1.29, 1.82) is 5.41 Å². The lowest BCUT2D eigenvalue weighted by molar-refractivity contribution is -0.158. The third-order valence-corrected chi connectivity index (χ3v) is 3.68. The van der Waals surface area contributed by atoms with Crippen LogP contribution in [0.1, 0.15) is 45.2 Å². The van der Waals surface area contributed by atoms with Gasteiger partial charge in [-0.1, -0.05) is 6.92 Å². The van der Waals surface area contributed by atoms with Gasteiger partial charge >= 0.3 is 6.11 Å². The number of halogens is 2. The van der Waals surface area contributed by atoms with Crippen molar-refractivity contribution in [2.24, 2.45) is 0 Å². The monoisotopic (exact) mass is 363 g/mol. The van der Waals surface area contributed by atoms with Crippen LogP contribution >= 0.6 is 0 Å². The molecule has 0 aliphatic rings. The van der Waals surface area contributed by atoms with Crippen LogP contribution in [0.2, 0.25) is 0 Å². The molecule has 0 aliphatic heterocycles. The Kier molecular flexibility index (Phi) is 5.61. The third-order valence-electron chi connectivity index (χ3n) is 3.68. The maximum Gasteiger partial charge on any atom is 0.394 e. The minimum Gasteiger partial charge on any atom is -0.433 e. The molecule has 0 bridgehead atoms. The summed E-state index contributed by atoms with van der Waals surface area (Å²) < 4.78 is 30.3. The Labute approximate surface area is 151 Å². The average Bonchev–Trinajstić information content (AvgIpc) is 2.53. The average molecular weight is 363 g/mol. The molecule has 1 aromatic heterocycles. The molecule has 0 aliphatic carbocycles. The second kappa shape index (κ2) is 7.37. The number of anilines is 2. The van der Waals surface area contributed by atoms with Crippen molar-refractivity contribution < 1.29 is 18.6 Å². The molecular weight excluding hydrogens is 340 g/mol. The highest BCUT2D eigenvalue weighted by atomic mass is 19.3. The van der Waals surface area contributed by atoms with Crippen molar-refractivity contribution >= 4 is 17.2 Å². The molecular formula is C19H23F2N3O2. The van der Waals surface area contributed by atoms with Crippen LogP contribution in [-0.2, 0) is 5.60 Å². The summed E-state index contributed by atoms with van der Waals surface area (Å²) in [7, 11) is 0. The predicted octanol–water partition coefficient (Wildman–Crippen LogP) is 4.82. The molecule has 0 unspecified atom stereocenters. The molecule has 0 fully saturated rings. The highest BCUT2D eigenvalue weighted by Gasteiger charge is 2.25. The molecule has 1 aromatic carbocycles. The summed E-state index contributed by atoms with van der Waals surface area (Å²) >= 11 is 0. The fourth-order valence-corrected chi connectivity index (χ4v) is 2.50. The van der Waals surface area contributed by atoms with Gasteiger partial charge in [0.05, 0.1) is 5.60 Å². The number of nitrogens with one attached hydrogen (secondary N) is 2. The summed E-state index contributed by atoms with van der Waals surface area (Å²) in [5.74, 6) is 0.466. The zero-order valence-electron chi connectivity index (χ0n) is 15.2. The quantitative estimate of drug-likeness (QED) is 0.616. The Morgan fingerprint density at radius 2 is 1.81 bits per heavy atom. The van der Waals surface area contributed by atoms with E-state index in [1.54, 1.807) is 38.2 Å². The molecule has 0 spiro atoms. The minimum atomic E-state index is -3.25. The van der Waals surface area contributed by atoms with Crippen LogP contribution in [0.25, 0.3) is 0 Å². The molecule has 2 aromatic rings. The molecule has 26 heavy (non-hydrogen) atoms. The molecule has 140 valence electrons. The van der Waals surface area contributed by atoms with Gasteiger partial charge in [-0.05, 0) is 56.2 Å². The number of ether oxygens (including phenoxy) is 1. The van der Waals surface area contributed by atoms with Crippen molar-refractivity contribution in [1.82, 2.24) is 4.98 Å². The molecule has 0 saturated carbocycles.